The predicted molar refractivity (Wildman–Crippen MR) is 62.2 cm³/mol. The molecule has 6 heteroatoms. The maximum absolute atomic E-state index is 10.9. The van der Waals surface area contributed by atoms with Gasteiger partial charge in [0.2, 0.25) is 5.82 Å². The highest BCUT2D eigenvalue weighted by Gasteiger charge is 2.27. The van der Waals surface area contributed by atoms with Crippen LogP contribution < -0.4 is 5.73 Å². The van der Waals surface area contributed by atoms with Crippen molar-refractivity contribution in [2.75, 3.05) is 5.73 Å². The summed E-state index contributed by atoms with van der Waals surface area (Å²) in [5.41, 5.74) is 6.17. The number of hydrogen-bond acceptors (Lipinski definition) is 4. The molecule has 0 fully saturated rings. The van der Waals surface area contributed by atoms with Crippen molar-refractivity contribution in [2.24, 2.45) is 5.92 Å². The van der Waals surface area contributed by atoms with Gasteiger partial charge in [-0.2, -0.15) is 5.10 Å². The van der Waals surface area contributed by atoms with E-state index in [0.29, 0.717) is 18.2 Å². The molecule has 1 aromatic rings. The number of nitrogens with two attached hydrogens (primary N) is 1. The lowest BCUT2D eigenvalue weighted by Gasteiger charge is -2.05. The molecule has 0 radical (unpaired) electrons. The zero-order chi connectivity index (χ0) is 12.5. The van der Waals surface area contributed by atoms with Crippen LogP contribution in [0.1, 0.15) is 39.3 Å². The van der Waals surface area contributed by atoms with E-state index in [1.165, 1.54) is 4.68 Å². The third-order valence-electron chi connectivity index (χ3n) is 2.26. The molecule has 1 heterocycles. The Hall–Kier alpha value is -1.59. The molecule has 2 N–H and O–H groups in total. The van der Waals surface area contributed by atoms with Crippen molar-refractivity contribution in [1.82, 2.24) is 9.78 Å². The summed E-state index contributed by atoms with van der Waals surface area (Å²) < 4.78 is 1.53. The number of aromatic nitrogens is 2. The first-order chi connectivity index (χ1) is 7.34. The van der Waals surface area contributed by atoms with Gasteiger partial charge in [0.1, 0.15) is 5.69 Å². The lowest BCUT2D eigenvalue weighted by Crippen LogP contribution is -2.09. The Labute approximate surface area is 94.6 Å². The van der Waals surface area contributed by atoms with Gasteiger partial charge in [0.15, 0.2) is 0 Å². The van der Waals surface area contributed by atoms with Crippen LogP contribution in [0.5, 0.6) is 0 Å². The Morgan fingerprint density at radius 1 is 1.44 bits per heavy atom. The molecule has 0 aliphatic heterocycles. The second-order valence-corrected chi connectivity index (χ2v) is 4.61. The van der Waals surface area contributed by atoms with Crippen molar-refractivity contribution in [2.45, 2.75) is 40.2 Å². The van der Waals surface area contributed by atoms with Gasteiger partial charge < -0.3 is 5.73 Å². The Kier molecular flexibility index (Phi) is 3.51. The van der Waals surface area contributed by atoms with Crippen molar-refractivity contribution in [3.63, 3.8) is 0 Å². The van der Waals surface area contributed by atoms with Gasteiger partial charge in [-0.15, -0.1) is 0 Å². The first-order valence-corrected chi connectivity index (χ1v) is 5.35. The first-order valence-electron chi connectivity index (χ1n) is 5.35. The Morgan fingerprint density at radius 3 is 2.31 bits per heavy atom. The molecule has 6 nitrogen and oxygen atoms in total. The Bertz CT molecular complexity index is 396. The van der Waals surface area contributed by atoms with Gasteiger partial charge in [-0.25, -0.2) is 4.68 Å². The summed E-state index contributed by atoms with van der Waals surface area (Å²) in [6, 6.07) is 0. The molecule has 1 aromatic heterocycles. The molecule has 0 amide bonds. The zero-order valence-corrected chi connectivity index (χ0v) is 10.1. The number of nitrogen functional groups attached to an aromatic ring is 1. The zero-order valence-electron chi connectivity index (χ0n) is 10.1. The lowest BCUT2D eigenvalue weighted by molar-refractivity contribution is -0.384. The quantitative estimate of drug-likeness (QED) is 0.629. The molecule has 0 unspecified atom stereocenters. The fourth-order valence-electron chi connectivity index (χ4n) is 1.55. The van der Waals surface area contributed by atoms with Crippen LogP contribution in [0.3, 0.4) is 0 Å². The van der Waals surface area contributed by atoms with Crippen LogP contribution in [0.2, 0.25) is 0 Å². The van der Waals surface area contributed by atoms with Crippen molar-refractivity contribution in [1.29, 1.82) is 0 Å². The molecule has 90 valence electrons. The van der Waals surface area contributed by atoms with Crippen LogP contribution in [0, 0.1) is 16.0 Å². The smallest absolute Gasteiger partial charge is 0.334 e. The van der Waals surface area contributed by atoms with E-state index in [0.717, 1.165) is 0 Å². The topological polar surface area (TPSA) is 87.0 Å². The molecule has 0 spiro atoms. The molecule has 16 heavy (non-hydrogen) atoms. The molecule has 0 saturated carbocycles. The monoisotopic (exact) mass is 226 g/mol. The largest absolute Gasteiger partial charge is 0.378 e. The number of nitrogens with zero attached hydrogens (tertiary/aromatic N) is 3. The van der Waals surface area contributed by atoms with E-state index < -0.39 is 4.92 Å². The van der Waals surface area contributed by atoms with E-state index in [1.54, 1.807) is 0 Å². The second-order valence-electron chi connectivity index (χ2n) is 4.61. The van der Waals surface area contributed by atoms with E-state index in [2.05, 4.69) is 5.10 Å². The van der Waals surface area contributed by atoms with Gasteiger partial charge in [0.25, 0.3) is 0 Å². The lowest BCUT2D eigenvalue weighted by atomic mass is 10.1. The molecule has 0 aliphatic carbocycles. The minimum Gasteiger partial charge on any atom is -0.378 e. The van der Waals surface area contributed by atoms with Crippen molar-refractivity contribution in [3.05, 3.63) is 15.8 Å². The summed E-state index contributed by atoms with van der Waals surface area (Å²) in [4.78, 5) is 10.5. The highest BCUT2D eigenvalue weighted by atomic mass is 16.6. The van der Waals surface area contributed by atoms with Gasteiger partial charge in [-0.1, -0.05) is 27.7 Å². The van der Waals surface area contributed by atoms with Gasteiger partial charge >= 0.3 is 5.69 Å². The first kappa shape index (κ1) is 12.5. The standard InChI is InChI=1S/C10H18N4O2/c1-6(2)5-13-10(11)9(14(15)16)8(12-13)7(3)4/h6-7H,5,11H2,1-4H3. The van der Waals surface area contributed by atoms with Crippen LogP contribution >= 0.6 is 0 Å². The van der Waals surface area contributed by atoms with Gasteiger partial charge in [-0.3, -0.25) is 10.1 Å². The fraction of sp³-hybridized carbons (Fsp3) is 0.700. The molecule has 0 atom stereocenters. The van der Waals surface area contributed by atoms with Crippen LogP contribution in [-0.4, -0.2) is 14.7 Å². The van der Waals surface area contributed by atoms with E-state index in [1.807, 2.05) is 27.7 Å². The number of hydrogen-bond donors (Lipinski definition) is 1. The molecule has 0 saturated heterocycles. The van der Waals surface area contributed by atoms with E-state index in [9.17, 15) is 10.1 Å². The van der Waals surface area contributed by atoms with E-state index >= 15 is 0 Å². The minimum atomic E-state index is -0.450. The highest BCUT2D eigenvalue weighted by Crippen LogP contribution is 2.31. The van der Waals surface area contributed by atoms with Crippen LogP contribution in [-0.2, 0) is 6.54 Å². The molecule has 0 bridgehead atoms. The van der Waals surface area contributed by atoms with E-state index in [4.69, 9.17) is 5.73 Å². The van der Waals surface area contributed by atoms with Crippen molar-refractivity contribution < 1.29 is 4.92 Å². The van der Waals surface area contributed by atoms with E-state index in [-0.39, 0.29) is 17.4 Å². The van der Waals surface area contributed by atoms with Crippen molar-refractivity contribution >= 4 is 11.5 Å². The second kappa shape index (κ2) is 4.51. The summed E-state index contributed by atoms with van der Waals surface area (Å²) in [5.74, 6) is 0.500. The third-order valence-corrected chi connectivity index (χ3v) is 2.26. The maximum atomic E-state index is 10.9. The van der Waals surface area contributed by atoms with Gasteiger partial charge in [-0.05, 0) is 5.92 Å². The third kappa shape index (κ3) is 2.32. The summed E-state index contributed by atoms with van der Waals surface area (Å²) in [7, 11) is 0. The van der Waals surface area contributed by atoms with Crippen molar-refractivity contribution in [3.8, 4) is 0 Å². The summed E-state index contributed by atoms with van der Waals surface area (Å²) in [6.07, 6.45) is 0. The molecular formula is C10H18N4O2. The number of rotatable bonds is 4. The summed E-state index contributed by atoms with van der Waals surface area (Å²) in [5, 5.41) is 15.1. The Balaban J connectivity index is 3.24. The van der Waals surface area contributed by atoms with Gasteiger partial charge in [0, 0.05) is 12.5 Å². The molecule has 1 rings (SSSR count). The predicted octanol–water partition coefficient (Wildman–Crippen LogP) is 2.15. The normalized spacial score (nSPS) is 11.4. The number of anilines is 1. The number of nitro groups is 1. The molecule has 0 aliphatic rings. The van der Waals surface area contributed by atoms with Crippen LogP contribution in [0.15, 0.2) is 0 Å². The summed E-state index contributed by atoms with van der Waals surface area (Å²) in [6.45, 7) is 8.37. The average molecular weight is 226 g/mol. The Morgan fingerprint density at radius 2 is 2.00 bits per heavy atom. The molecule has 0 aromatic carbocycles. The molecular weight excluding hydrogens is 208 g/mol. The summed E-state index contributed by atoms with van der Waals surface area (Å²) >= 11 is 0. The SMILES string of the molecule is CC(C)Cn1nc(C(C)C)c([N+](=O)[O-])c1N. The van der Waals surface area contributed by atoms with Gasteiger partial charge in [0.05, 0.1) is 4.92 Å². The average Bonchev–Trinajstić information content (AvgIpc) is 2.43. The van der Waals surface area contributed by atoms with Crippen LogP contribution in [0.25, 0.3) is 0 Å². The minimum absolute atomic E-state index is 0.00360. The highest BCUT2D eigenvalue weighted by molar-refractivity contribution is 5.57. The fourth-order valence-corrected chi connectivity index (χ4v) is 1.55. The maximum Gasteiger partial charge on any atom is 0.334 e. The van der Waals surface area contributed by atoms with Crippen LogP contribution in [0.4, 0.5) is 11.5 Å².